The van der Waals surface area contributed by atoms with E-state index in [4.69, 9.17) is 10.5 Å². The first-order valence-electron chi connectivity index (χ1n) is 5.43. The third kappa shape index (κ3) is 4.67. The Hall–Kier alpha value is -1.87. The summed E-state index contributed by atoms with van der Waals surface area (Å²) in [5.74, 6) is -1.37. The number of carbonyl (C=O) groups is 1. The van der Waals surface area contributed by atoms with E-state index >= 15 is 0 Å². The van der Waals surface area contributed by atoms with Crippen LogP contribution in [-0.2, 0) is 14.6 Å². The number of primary amides is 1. The number of aliphatic hydroxyl groups excluding tert-OH is 1. The van der Waals surface area contributed by atoms with E-state index in [1.165, 1.54) is 12.1 Å². The van der Waals surface area contributed by atoms with Gasteiger partial charge in [-0.3, -0.25) is 0 Å². The Bertz CT molecular complexity index is 589. The fraction of sp³-hybridized carbons (Fsp3) is 0.364. The van der Waals surface area contributed by atoms with Crippen LogP contribution < -0.4 is 10.5 Å². The standard InChI is InChI=1S/C11H14FNO6S/c1-20(16,17)9-4-2-3-8(10(9)12)18-5-7(14)6-19-11(13)15/h2-4,7,14H,5-6H2,1H3,(H2,13,15). The molecule has 1 atom stereocenters. The second-order valence-electron chi connectivity index (χ2n) is 3.94. The van der Waals surface area contributed by atoms with E-state index in [2.05, 4.69) is 4.74 Å². The molecule has 1 aromatic carbocycles. The van der Waals surface area contributed by atoms with Crippen LogP contribution in [0.4, 0.5) is 9.18 Å². The van der Waals surface area contributed by atoms with Gasteiger partial charge < -0.3 is 20.3 Å². The fourth-order valence-corrected chi connectivity index (χ4v) is 2.05. The topological polar surface area (TPSA) is 116 Å². The lowest BCUT2D eigenvalue weighted by molar-refractivity contribution is 0.0408. The molecule has 0 aliphatic heterocycles. The van der Waals surface area contributed by atoms with E-state index in [-0.39, 0.29) is 5.75 Å². The monoisotopic (exact) mass is 307 g/mol. The predicted molar refractivity (Wildman–Crippen MR) is 66.5 cm³/mol. The van der Waals surface area contributed by atoms with Gasteiger partial charge in [-0.1, -0.05) is 6.07 Å². The molecule has 0 saturated heterocycles. The van der Waals surface area contributed by atoms with Gasteiger partial charge in [-0.05, 0) is 12.1 Å². The fourth-order valence-electron chi connectivity index (χ4n) is 1.30. The van der Waals surface area contributed by atoms with Crippen LogP contribution in [-0.4, -0.2) is 45.2 Å². The van der Waals surface area contributed by atoms with Crippen molar-refractivity contribution in [3.05, 3.63) is 24.0 Å². The summed E-state index contributed by atoms with van der Waals surface area (Å²) in [4.78, 5) is 9.81. The van der Waals surface area contributed by atoms with E-state index in [1.54, 1.807) is 0 Å². The molecule has 1 amide bonds. The number of halogens is 1. The van der Waals surface area contributed by atoms with E-state index in [0.29, 0.717) is 0 Å². The van der Waals surface area contributed by atoms with Crippen LogP contribution in [0, 0.1) is 5.82 Å². The number of carbonyl (C=O) groups excluding carboxylic acids is 1. The van der Waals surface area contributed by atoms with Gasteiger partial charge in [0.1, 0.15) is 24.2 Å². The normalized spacial score (nSPS) is 12.8. The second kappa shape index (κ2) is 6.53. The first kappa shape index (κ1) is 16.2. The van der Waals surface area contributed by atoms with Gasteiger partial charge >= 0.3 is 6.09 Å². The Morgan fingerprint density at radius 2 is 2.10 bits per heavy atom. The summed E-state index contributed by atoms with van der Waals surface area (Å²) in [6.45, 7) is -0.805. The number of ether oxygens (including phenoxy) is 2. The Morgan fingerprint density at radius 1 is 1.45 bits per heavy atom. The molecule has 0 aliphatic carbocycles. The van der Waals surface area contributed by atoms with Crippen LogP contribution in [0.15, 0.2) is 23.1 Å². The summed E-state index contributed by atoms with van der Waals surface area (Å²) >= 11 is 0. The lowest BCUT2D eigenvalue weighted by atomic mass is 10.3. The number of hydrogen-bond donors (Lipinski definition) is 2. The van der Waals surface area contributed by atoms with Crippen LogP contribution in [0.3, 0.4) is 0 Å². The van der Waals surface area contributed by atoms with E-state index in [0.717, 1.165) is 12.3 Å². The van der Waals surface area contributed by atoms with Crippen molar-refractivity contribution in [1.82, 2.24) is 0 Å². The van der Waals surface area contributed by atoms with E-state index in [1.807, 2.05) is 0 Å². The van der Waals surface area contributed by atoms with Crippen LogP contribution in [0.5, 0.6) is 5.75 Å². The predicted octanol–water partition coefficient (Wildman–Crippen LogP) is 0.0642. The van der Waals surface area contributed by atoms with Gasteiger partial charge in [0.2, 0.25) is 0 Å². The minimum atomic E-state index is -3.72. The summed E-state index contributed by atoms with van der Waals surface area (Å²) < 4.78 is 45.7. The molecule has 1 unspecified atom stereocenters. The maximum atomic E-state index is 13.8. The minimum absolute atomic E-state index is 0.328. The number of nitrogens with two attached hydrogens (primary N) is 1. The molecular formula is C11H14FNO6S. The average Bonchev–Trinajstić information content (AvgIpc) is 2.33. The molecule has 0 heterocycles. The van der Waals surface area contributed by atoms with Crippen molar-refractivity contribution in [2.75, 3.05) is 19.5 Å². The highest BCUT2D eigenvalue weighted by atomic mass is 32.2. The Kier molecular flexibility index (Phi) is 5.28. The van der Waals surface area contributed by atoms with Crippen molar-refractivity contribution >= 4 is 15.9 Å². The summed E-state index contributed by atoms with van der Waals surface area (Å²) in [6, 6.07) is 3.62. The van der Waals surface area contributed by atoms with Gasteiger partial charge in [-0.15, -0.1) is 0 Å². The molecule has 0 saturated carbocycles. The zero-order valence-corrected chi connectivity index (χ0v) is 11.4. The molecule has 0 fully saturated rings. The maximum Gasteiger partial charge on any atom is 0.404 e. The van der Waals surface area contributed by atoms with Crippen LogP contribution in [0.2, 0.25) is 0 Å². The summed E-state index contributed by atoms with van der Waals surface area (Å²) in [5, 5.41) is 9.38. The molecule has 1 aromatic rings. The highest BCUT2D eigenvalue weighted by molar-refractivity contribution is 7.90. The van der Waals surface area contributed by atoms with Crippen molar-refractivity contribution in [3.8, 4) is 5.75 Å². The molecule has 0 radical (unpaired) electrons. The molecule has 0 aromatic heterocycles. The number of sulfone groups is 1. The van der Waals surface area contributed by atoms with Crippen LogP contribution in [0.25, 0.3) is 0 Å². The first-order chi connectivity index (χ1) is 9.21. The van der Waals surface area contributed by atoms with Gasteiger partial charge in [0.25, 0.3) is 0 Å². The number of hydrogen-bond acceptors (Lipinski definition) is 6. The highest BCUT2D eigenvalue weighted by Crippen LogP contribution is 2.24. The Labute approximate surface area is 115 Å². The van der Waals surface area contributed by atoms with Crippen LogP contribution in [0.1, 0.15) is 0 Å². The number of amides is 1. The summed E-state index contributed by atoms with van der Waals surface area (Å²) in [6.07, 6.45) is -1.41. The molecule has 0 spiro atoms. The molecule has 0 aliphatic rings. The van der Waals surface area contributed by atoms with Crippen molar-refractivity contribution in [2.45, 2.75) is 11.0 Å². The van der Waals surface area contributed by atoms with Crippen molar-refractivity contribution in [1.29, 1.82) is 0 Å². The van der Waals surface area contributed by atoms with Gasteiger partial charge in [0.05, 0.1) is 0 Å². The first-order valence-corrected chi connectivity index (χ1v) is 7.32. The van der Waals surface area contributed by atoms with Crippen LogP contribution >= 0.6 is 0 Å². The lowest BCUT2D eigenvalue weighted by Gasteiger charge is -2.13. The quantitative estimate of drug-likeness (QED) is 0.768. The third-order valence-electron chi connectivity index (χ3n) is 2.18. The molecule has 9 heteroatoms. The minimum Gasteiger partial charge on any atom is -0.488 e. The van der Waals surface area contributed by atoms with E-state index < -0.39 is 46.0 Å². The summed E-state index contributed by atoms with van der Waals surface area (Å²) in [7, 11) is -3.72. The van der Waals surface area contributed by atoms with Crippen molar-refractivity contribution < 1.29 is 32.2 Å². The third-order valence-corrected chi connectivity index (χ3v) is 3.29. The molecule has 7 nitrogen and oxygen atoms in total. The molecule has 0 bridgehead atoms. The maximum absolute atomic E-state index is 13.8. The Morgan fingerprint density at radius 3 is 2.65 bits per heavy atom. The molecule has 1 rings (SSSR count). The van der Waals surface area contributed by atoms with Gasteiger partial charge in [0.15, 0.2) is 21.4 Å². The average molecular weight is 307 g/mol. The van der Waals surface area contributed by atoms with Gasteiger partial charge in [0, 0.05) is 6.26 Å². The van der Waals surface area contributed by atoms with Crippen molar-refractivity contribution in [2.24, 2.45) is 5.73 Å². The summed E-state index contributed by atoms with van der Waals surface area (Å²) in [5.41, 5.74) is 4.70. The molecule has 20 heavy (non-hydrogen) atoms. The second-order valence-corrected chi connectivity index (χ2v) is 5.92. The van der Waals surface area contributed by atoms with Gasteiger partial charge in [-0.2, -0.15) is 0 Å². The molecular weight excluding hydrogens is 293 g/mol. The van der Waals surface area contributed by atoms with E-state index in [9.17, 15) is 22.7 Å². The van der Waals surface area contributed by atoms with Crippen molar-refractivity contribution in [3.63, 3.8) is 0 Å². The zero-order chi connectivity index (χ0) is 15.3. The molecule has 3 N–H and O–H groups in total. The lowest BCUT2D eigenvalue weighted by Crippen LogP contribution is -2.27. The zero-order valence-electron chi connectivity index (χ0n) is 10.6. The number of benzene rings is 1. The SMILES string of the molecule is CS(=O)(=O)c1cccc(OCC(O)COC(N)=O)c1F. The largest absolute Gasteiger partial charge is 0.488 e. The number of aliphatic hydroxyl groups is 1. The molecule has 112 valence electrons. The smallest absolute Gasteiger partial charge is 0.404 e. The highest BCUT2D eigenvalue weighted by Gasteiger charge is 2.18. The van der Waals surface area contributed by atoms with Gasteiger partial charge in [-0.25, -0.2) is 17.6 Å². The Balaban J connectivity index is 2.72. The number of rotatable bonds is 6.